The maximum atomic E-state index is 11.8. The van der Waals surface area contributed by atoms with Gasteiger partial charge in [-0.25, -0.2) is 0 Å². The Hall–Kier alpha value is -0.670. The largest absolute Gasteiger partial charge is 0.370 e. The Balaban J connectivity index is 1.76. The van der Waals surface area contributed by atoms with Crippen molar-refractivity contribution < 1.29 is 9.53 Å². The minimum absolute atomic E-state index is 0.114. The second-order valence-corrected chi connectivity index (χ2v) is 4.73. The minimum atomic E-state index is -0.114. The Bertz CT molecular complexity index is 299. The molecule has 0 aromatic carbocycles. The molecule has 0 radical (unpaired) electrons. The van der Waals surface area contributed by atoms with Gasteiger partial charge in [-0.1, -0.05) is 0 Å². The number of carbonyl (C=O) groups is 1. The Labute approximate surface area is 94.3 Å². The molecule has 1 aliphatic heterocycles. The van der Waals surface area contributed by atoms with Crippen LogP contribution in [0, 0.1) is 0 Å². The summed E-state index contributed by atoms with van der Waals surface area (Å²) in [4.78, 5) is 11.8. The maximum absolute atomic E-state index is 11.8. The molecule has 1 aromatic heterocycles. The lowest BCUT2D eigenvalue weighted by molar-refractivity contribution is -0.133. The third-order valence-corrected chi connectivity index (χ3v) is 3.51. The zero-order chi connectivity index (χ0) is 10.5. The number of ketones is 1. The van der Waals surface area contributed by atoms with Crippen LogP contribution in [0.3, 0.4) is 0 Å². The molecule has 0 bridgehead atoms. The van der Waals surface area contributed by atoms with Crippen molar-refractivity contribution in [1.29, 1.82) is 0 Å². The lowest BCUT2D eigenvalue weighted by Crippen LogP contribution is -2.28. The first kappa shape index (κ1) is 10.8. The molecule has 0 aliphatic carbocycles. The van der Waals surface area contributed by atoms with Crippen molar-refractivity contribution in [2.75, 3.05) is 6.61 Å². The fourth-order valence-corrected chi connectivity index (χ4v) is 2.56. The van der Waals surface area contributed by atoms with Gasteiger partial charge in [0.25, 0.3) is 0 Å². The van der Waals surface area contributed by atoms with E-state index in [-0.39, 0.29) is 11.9 Å². The van der Waals surface area contributed by atoms with E-state index < -0.39 is 0 Å². The average molecular weight is 224 g/mol. The molecule has 1 fully saturated rings. The molecule has 1 atom stereocenters. The van der Waals surface area contributed by atoms with Gasteiger partial charge < -0.3 is 4.74 Å². The molecule has 1 aliphatic rings. The highest BCUT2D eigenvalue weighted by Crippen LogP contribution is 2.16. The number of ether oxygens (including phenoxy) is 1. The molecular formula is C12H16O2S. The monoisotopic (exact) mass is 224 g/mol. The third kappa shape index (κ3) is 3.14. The lowest BCUT2D eigenvalue weighted by atomic mass is 10.0. The van der Waals surface area contributed by atoms with Crippen LogP contribution in [0.2, 0.25) is 0 Å². The van der Waals surface area contributed by atoms with Gasteiger partial charge in [0.1, 0.15) is 6.10 Å². The standard InChI is InChI=1S/C12H16O2S/c13-11(12-3-1-2-7-14-12)5-4-10-6-8-15-9-10/h6,8-9,12H,1-5,7H2. The quantitative estimate of drug-likeness (QED) is 0.786. The first-order valence-electron chi connectivity index (χ1n) is 5.51. The first-order chi connectivity index (χ1) is 7.36. The van der Waals surface area contributed by atoms with E-state index in [0.29, 0.717) is 6.42 Å². The van der Waals surface area contributed by atoms with Crippen LogP contribution in [-0.2, 0) is 16.0 Å². The predicted molar refractivity (Wildman–Crippen MR) is 61.2 cm³/mol. The maximum Gasteiger partial charge on any atom is 0.161 e. The van der Waals surface area contributed by atoms with Crippen LogP contribution in [0.1, 0.15) is 31.2 Å². The Morgan fingerprint density at radius 1 is 1.53 bits per heavy atom. The highest BCUT2D eigenvalue weighted by Gasteiger charge is 2.21. The Morgan fingerprint density at radius 2 is 2.47 bits per heavy atom. The molecule has 2 rings (SSSR count). The highest BCUT2D eigenvalue weighted by atomic mass is 32.1. The number of rotatable bonds is 4. The van der Waals surface area contributed by atoms with Crippen molar-refractivity contribution in [3.05, 3.63) is 22.4 Å². The van der Waals surface area contributed by atoms with Crippen molar-refractivity contribution in [3.63, 3.8) is 0 Å². The summed E-state index contributed by atoms with van der Waals surface area (Å²) in [7, 11) is 0. The molecule has 0 spiro atoms. The lowest BCUT2D eigenvalue weighted by Gasteiger charge is -2.21. The topological polar surface area (TPSA) is 26.3 Å². The molecule has 0 amide bonds. The van der Waals surface area contributed by atoms with E-state index in [2.05, 4.69) is 16.8 Å². The van der Waals surface area contributed by atoms with E-state index >= 15 is 0 Å². The molecule has 3 heteroatoms. The van der Waals surface area contributed by atoms with Crippen molar-refractivity contribution in [2.24, 2.45) is 0 Å². The van der Waals surface area contributed by atoms with Gasteiger partial charge >= 0.3 is 0 Å². The molecular weight excluding hydrogens is 208 g/mol. The van der Waals surface area contributed by atoms with Crippen LogP contribution in [0.4, 0.5) is 0 Å². The van der Waals surface area contributed by atoms with Crippen LogP contribution >= 0.6 is 11.3 Å². The van der Waals surface area contributed by atoms with E-state index in [9.17, 15) is 4.79 Å². The fraction of sp³-hybridized carbons (Fsp3) is 0.583. The molecule has 0 N–H and O–H groups in total. The molecule has 82 valence electrons. The van der Waals surface area contributed by atoms with Gasteiger partial charge in [-0.05, 0) is 48.1 Å². The normalized spacial score (nSPS) is 21.5. The van der Waals surface area contributed by atoms with Crippen LogP contribution < -0.4 is 0 Å². The summed E-state index contributed by atoms with van der Waals surface area (Å²) in [6.07, 6.45) is 4.53. The minimum Gasteiger partial charge on any atom is -0.370 e. The van der Waals surface area contributed by atoms with Gasteiger partial charge in [-0.3, -0.25) is 4.79 Å². The van der Waals surface area contributed by atoms with Crippen molar-refractivity contribution >= 4 is 17.1 Å². The molecule has 15 heavy (non-hydrogen) atoms. The summed E-state index contributed by atoms with van der Waals surface area (Å²) in [5.41, 5.74) is 1.27. The number of carbonyl (C=O) groups excluding carboxylic acids is 1. The molecule has 1 aromatic rings. The van der Waals surface area contributed by atoms with E-state index in [1.807, 2.05) is 0 Å². The van der Waals surface area contributed by atoms with Gasteiger partial charge in [-0.2, -0.15) is 11.3 Å². The highest BCUT2D eigenvalue weighted by molar-refractivity contribution is 7.07. The number of aryl methyl sites for hydroxylation is 1. The van der Waals surface area contributed by atoms with E-state index in [4.69, 9.17) is 4.74 Å². The summed E-state index contributed by atoms with van der Waals surface area (Å²) in [5, 5.41) is 4.16. The van der Waals surface area contributed by atoms with Crippen LogP contribution in [0.5, 0.6) is 0 Å². The van der Waals surface area contributed by atoms with Gasteiger partial charge in [0, 0.05) is 13.0 Å². The third-order valence-electron chi connectivity index (χ3n) is 2.78. The summed E-state index contributed by atoms with van der Waals surface area (Å²) in [5.74, 6) is 0.279. The van der Waals surface area contributed by atoms with Crippen molar-refractivity contribution in [3.8, 4) is 0 Å². The van der Waals surface area contributed by atoms with E-state index in [1.54, 1.807) is 11.3 Å². The van der Waals surface area contributed by atoms with Crippen molar-refractivity contribution in [1.82, 2.24) is 0 Å². The smallest absolute Gasteiger partial charge is 0.161 e. The zero-order valence-corrected chi connectivity index (χ0v) is 9.59. The van der Waals surface area contributed by atoms with Crippen LogP contribution in [0.25, 0.3) is 0 Å². The summed E-state index contributed by atoms with van der Waals surface area (Å²) < 4.78 is 5.46. The SMILES string of the molecule is O=C(CCc1ccsc1)C1CCCCO1. The van der Waals surface area contributed by atoms with Crippen LogP contribution in [-0.4, -0.2) is 18.5 Å². The Kier molecular flexibility index (Phi) is 3.92. The van der Waals surface area contributed by atoms with Gasteiger partial charge in [0.15, 0.2) is 5.78 Å². The number of hydrogen-bond donors (Lipinski definition) is 0. The molecule has 2 heterocycles. The van der Waals surface area contributed by atoms with E-state index in [1.165, 1.54) is 5.56 Å². The fourth-order valence-electron chi connectivity index (χ4n) is 1.86. The molecule has 1 saturated heterocycles. The summed E-state index contributed by atoms with van der Waals surface area (Å²) in [6, 6.07) is 2.08. The van der Waals surface area contributed by atoms with Gasteiger partial charge in [0.2, 0.25) is 0 Å². The Morgan fingerprint density at radius 3 is 3.13 bits per heavy atom. The molecule has 1 unspecified atom stereocenters. The molecule has 2 nitrogen and oxygen atoms in total. The average Bonchev–Trinajstić information content (AvgIpc) is 2.80. The summed E-state index contributed by atoms with van der Waals surface area (Å²) in [6.45, 7) is 0.759. The molecule has 0 saturated carbocycles. The predicted octanol–water partition coefficient (Wildman–Crippen LogP) is 2.82. The summed E-state index contributed by atoms with van der Waals surface area (Å²) >= 11 is 1.68. The first-order valence-corrected chi connectivity index (χ1v) is 6.46. The number of thiophene rings is 1. The van der Waals surface area contributed by atoms with Gasteiger partial charge in [0.05, 0.1) is 0 Å². The second-order valence-electron chi connectivity index (χ2n) is 3.95. The number of Topliss-reactive ketones (excluding diaryl/α,β-unsaturated/α-hetero) is 1. The van der Waals surface area contributed by atoms with Gasteiger partial charge in [-0.15, -0.1) is 0 Å². The van der Waals surface area contributed by atoms with Crippen LogP contribution in [0.15, 0.2) is 16.8 Å². The zero-order valence-electron chi connectivity index (χ0n) is 8.78. The van der Waals surface area contributed by atoms with E-state index in [0.717, 1.165) is 32.3 Å². The second kappa shape index (κ2) is 5.42. The van der Waals surface area contributed by atoms with Crippen molar-refractivity contribution in [2.45, 2.75) is 38.2 Å². The number of hydrogen-bond acceptors (Lipinski definition) is 3.